The summed E-state index contributed by atoms with van der Waals surface area (Å²) >= 11 is 0. The first-order valence-electron chi connectivity index (χ1n) is 6.29. The van der Waals surface area contributed by atoms with E-state index in [9.17, 15) is 0 Å². The van der Waals surface area contributed by atoms with Crippen LogP contribution in [-0.2, 0) is 0 Å². The third-order valence-corrected chi connectivity index (χ3v) is 2.81. The van der Waals surface area contributed by atoms with E-state index in [1.165, 1.54) is 22.4 Å². The second kappa shape index (κ2) is 6.06. The van der Waals surface area contributed by atoms with Crippen molar-refractivity contribution in [2.24, 2.45) is 0 Å². The van der Waals surface area contributed by atoms with Crippen molar-refractivity contribution in [3.8, 4) is 11.1 Å². The van der Waals surface area contributed by atoms with E-state index in [2.05, 4.69) is 73.8 Å². The number of nitrogens with one attached hydrogen (secondary N) is 1. The maximum Gasteiger partial charge on any atom is 0.0422 e. The number of benzene rings is 2. The van der Waals surface area contributed by atoms with Crippen LogP contribution in [0.25, 0.3) is 11.1 Å². The normalized spacial score (nSPS) is 9.89. The monoisotopic (exact) mass is 237 g/mol. The minimum Gasteiger partial charge on any atom is -0.381 e. The van der Waals surface area contributed by atoms with Crippen LogP contribution in [0.5, 0.6) is 0 Å². The number of allylic oxidation sites excluding steroid dienone is 1. The lowest BCUT2D eigenvalue weighted by atomic mass is 10.0. The van der Waals surface area contributed by atoms with E-state index < -0.39 is 0 Å². The molecule has 1 N–H and O–H groups in total. The van der Waals surface area contributed by atoms with Gasteiger partial charge in [-0.15, -0.1) is 0 Å². The Morgan fingerprint density at radius 1 is 0.944 bits per heavy atom. The summed E-state index contributed by atoms with van der Waals surface area (Å²) in [6.07, 6.45) is 2.20. The molecule has 18 heavy (non-hydrogen) atoms. The van der Waals surface area contributed by atoms with Crippen molar-refractivity contribution in [1.29, 1.82) is 0 Å². The fourth-order valence-corrected chi connectivity index (χ4v) is 1.87. The van der Waals surface area contributed by atoms with Crippen molar-refractivity contribution in [1.82, 2.24) is 0 Å². The van der Waals surface area contributed by atoms with Crippen molar-refractivity contribution >= 4 is 5.69 Å². The quantitative estimate of drug-likeness (QED) is 0.758. The molecule has 0 heterocycles. The van der Waals surface area contributed by atoms with Gasteiger partial charge in [0.05, 0.1) is 0 Å². The minimum atomic E-state index is 0.867. The highest BCUT2D eigenvalue weighted by molar-refractivity contribution is 5.77. The van der Waals surface area contributed by atoms with Gasteiger partial charge in [0.25, 0.3) is 0 Å². The van der Waals surface area contributed by atoms with Crippen LogP contribution in [0.2, 0.25) is 0 Å². The van der Waals surface area contributed by atoms with E-state index in [0.717, 1.165) is 6.54 Å². The molecular weight excluding hydrogens is 218 g/mol. The molecule has 2 rings (SSSR count). The SMILES string of the molecule is CC(C)=CCNc1ccccc1-c1ccccc1. The van der Waals surface area contributed by atoms with Gasteiger partial charge >= 0.3 is 0 Å². The summed E-state index contributed by atoms with van der Waals surface area (Å²) in [5.41, 5.74) is 5.01. The third kappa shape index (κ3) is 3.24. The van der Waals surface area contributed by atoms with Crippen molar-refractivity contribution in [2.75, 3.05) is 11.9 Å². The first-order chi connectivity index (χ1) is 8.77. The summed E-state index contributed by atoms with van der Waals surface area (Å²) in [6.45, 7) is 5.10. The Bertz CT molecular complexity index is 522. The Hall–Kier alpha value is -2.02. The lowest BCUT2D eigenvalue weighted by molar-refractivity contribution is 1.26. The molecule has 2 aromatic carbocycles. The van der Waals surface area contributed by atoms with E-state index in [-0.39, 0.29) is 0 Å². The van der Waals surface area contributed by atoms with Gasteiger partial charge in [0.2, 0.25) is 0 Å². The lowest BCUT2D eigenvalue weighted by Gasteiger charge is -2.11. The molecular formula is C17H19N. The summed E-state index contributed by atoms with van der Waals surface area (Å²) in [4.78, 5) is 0. The molecule has 0 aromatic heterocycles. The third-order valence-electron chi connectivity index (χ3n) is 2.81. The van der Waals surface area contributed by atoms with E-state index in [1.54, 1.807) is 0 Å². The molecule has 0 aliphatic heterocycles. The van der Waals surface area contributed by atoms with Crippen LogP contribution >= 0.6 is 0 Å². The second-order valence-electron chi connectivity index (χ2n) is 4.57. The Morgan fingerprint density at radius 2 is 1.61 bits per heavy atom. The van der Waals surface area contributed by atoms with Gasteiger partial charge < -0.3 is 5.32 Å². The zero-order chi connectivity index (χ0) is 12.8. The molecule has 1 heteroatoms. The van der Waals surface area contributed by atoms with Crippen LogP contribution in [0.1, 0.15) is 13.8 Å². The molecule has 1 nitrogen and oxygen atoms in total. The largest absolute Gasteiger partial charge is 0.381 e. The summed E-state index contributed by atoms with van der Waals surface area (Å²) < 4.78 is 0. The Morgan fingerprint density at radius 3 is 2.33 bits per heavy atom. The van der Waals surface area contributed by atoms with Gasteiger partial charge in [-0.25, -0.2) is 0 Å². The number of anilines is 1. The first kappa shape index (κ1) is 12.4. The molecule has 0 aliphatic carbocycles. The van der Waals surface area contributed by atoms with Gasteiger partial charge in [0.1, 0.15) is 0 Å². The summed E-state index contributed by atoms with van der Waals surface area (Å²) in [5.74, 6) is 0. The van der Waals surface area contributed by atoms with Crippen LogP contribution in [-0.4, -0.2) is 6.54 Å². The van der Waals surface area contributed by atoms with Crippen LogP contribution < -0.4 is 5.32 Å². The fraction of sp³-hybridized carbons (Fsp3) is 0.176. The molecule has 0 atom stereocenters. The van der Waals surface area contributed by atoms with Crippen molar-refractivity contribution in [3.63, 3.8) is 0 Å². The standard InChI is InChI=1S/C17H19N/c1-14(2)12-13-18-17-11-7-6-10-16(17)15-8-4-3-5-9-15/h3-12,18H,13H2,1-2H3. The molecule has 0 amide bonds. The fourth-order valence-electron chi connectivity index (χ4n) is 1.87. The van der Waals surface area contributed by atoms with Crippen LogP contribution in [0, 0.1) is 0 Å². The zero-order valence-corrected chi connectivity index (χ0v) is 11.0. The second-order valence-corrected chi connectivity index (χ2v) is 4.57. The predicted molar refractivity (Wildman–Crippen MR) is 79.8 cm³/mol. The highest BCUT2D eigenvalue weighted by Gasteiger charge is 2.02. The number of rotatable bonds is 4. The lowest BCUT2D eigenvalue weighted by Crippen LogP contribution is -2.00. The summed E-state index contributed by atoms with van der Waals surface area (Å²) in [6, 6.07) is 18.9. The highest BCUT2D eigenvalue weighted by atomic mass is 14.9. The number of para-hydroxylation sites is 1. The first-order valence-corrected chi connectivity index (χ1v) is 6.29. The van der Waals surface area contributed by atoms with Gasteiger partial charge in [0.15, 0.2) is 0 Å². The molecule has 92 valence electrons. The Kier molecular flexibility index (Phi) is 4.19. The zero-order valence-electron chi connectivity index (χ0n) is 11.0. The topological polar surface area (TPSA) is 12.0 Å². The van der Waals surface area contributed by atoms with Crippen LogP contribution in [0.3, 0.4) is 0 Å². The molecule has 0 spiro atoms. The average molecular weight is 237 g/mol. The highest BCUT2D eigenvalue weighted by Crippen LogP contribution is 2.27. The molecule has 0 saturated heterocycles. The van der Waals surface area contributed by atoms with E-state index in [4.69, 9.17) is 0 Å². The Labute approximate surface area is 109 Å². The maximum atomic E-state index is 3.47. The van der Waals surface area contributed by atoms with Crippen molar-refractivity contribution in [2.45, 2.75) is 13.8 Å². The smallest absolute Gasteiger partial charge is 0.0422 e. The Balaban J connectivity index is 2.24. The van der Waals surface area contributed by atoms with Gasteiger partial charge in [-0.05, 0) is 25.5 Å². The van der Waals surface area contributed by atoms with E-state index >= 15 is 0 Å². The molecule has 0 unspecified atom stereocenters. The maximum absolute atomic E-state index is 3.47. The molecule has 0 saturated carbocycles. The van der Waals surface area contributed by atoms with Crippen LogP contribution in [0.4, 0.5) is 5.69 Å². The molecule has 0 fully saturated rings. The minimum absolute atomic E-state index is 0.867. The van der Waals surface area contributed by atoms with Crippen molar-refractivity contribution in [3.05, 3.63) is 66.2 Å². The van der Waals surface area contributed by atoms with E-state index in [1.807, 2.05) is 6.07 Å². The van der Waals surface area contributed by atoms with Gasteiger partial charge in [-0.2, -0.15) is 0 Å². The average Bonchev–Trinajstić information content (AvgIpc) is 2.40. The predicted octanol–water partition coefficient (Wildman–Crippen LogP) is 4.73. The van der Waals surface area contributed by atoms with Crippen LogP contribution in [0.15, 0.2) is 66.2 Å². The van der Waals surface area contributed by atoms with E-state index in [0.29, 0.717) is 0 Å². The number of hydrogen-bond acceptors (Lipinski definition) is 1. The van der Waals surface area contributed by atoms with Crippen molar-refractivity contribution < 1.29 is 0 Å². The molecule has 0 radical (unpaired) electrons. The van der Waals surface area contributed by atoms with Gasteiger partial charge in [0, 0.05) is 17.8 Å². The van der Waals surface area contributed by atoms with Gasteiger partial charge in [-0.3, -0.25) is 0 Å². The summed E-state index contributed by atoms with van der Waals surface area (Å²) in [7, 11) is 0. The molecule has 0 bridgehead atoms. The number of hydrogen-bond donors (Lipinski definition) is 1. The van der Waals surface area contributed by atoms with Gasteiger partial charge in [-0.1, -0.05) is 60.2 Å². The molecule has 2 aromatic rings. The summed E-state index contributed by atoms with van der Waals surface area (Å²) in [5, 5.41) is 3.47. The molecule has 0 aliphatic rings.